The number of rotatable bonds is 5. The average molecular weight is 331 g/mol. The lowest BCUT2D eigenvalue weighted by atomic mass is 10.2. The van der Waals surface area contributed by atoms with Crippen molar-refractivity contribution in [2.24, 2.45) is 0 Å². The van der Waals surface area contributed by atoms with Crippen LogP contribution in [-0.2, 0) is 11.2 Å². The Bertz CT molecular complexity index is 969. The number of para-hydroxylation sites is 2. The molecule has 0 saturated carbocycles. The van der Waals surface area contributed by atoms with E-state index in [-0.39, 0.29) is 5.91 Å². The summed E-state index contributed by atoms with van der Waals surface area (Å²) in [5, 5.41) is 2.79. The molecule has 1 amide bonds. The zero-order valence-corrected chi connectivity index (χ0v) is 13.5. The number of furan rings is 1. The van der Waals surface area contributed by atoms with Gasteiger partial charge in [0.1, 0.15) is 11.5 Å². The zero-order chi connectivity index (χ0) is 17.1. The third kappa shape index (κ3) is 3.45. The maximum Gasteiger partial charge on any atom is 0.227 e. The van der Waals surface area contributed by atoms with Gasteiger partial charge < -0.3 is 9.40 Å². The number of imidazole rings is 1. The fourth-order valence-corrected chi connectivity index (χ4v) is 2.71. The fourth-order valence-electron chi connectivity index (χ4n) is 2.71. The molecular formula is C20H17N3O2. The number of nitrogens with one attached hydrogen (secondary N) is 2. The summed E-state index contributed by atoms with van der Waals surface area (Å²) in [6, 6.07) is 21.4. The average Bonchev–Trinajstić information content (AvgIpc) is 3.27. The van der Waals surface area contributed by atoms with Crippen LogP contribution in [0.3, 0.4) is 0 Å². The second-order valence-corrected chi connectivity index (χ2v) is 5.78. The molecule has 0 aliphatic carbocycles. The van der Waals surface area contributed by atoms with Crippen molar-refractivity contribution in [1.29, 1.82) is 0 Å². The molecular weight excluding hydrogens is 314 g/mol. The number of hydrogen-bond acceptors (Lipinski definition) is 3. The van der Waals surface area contributed by atoms with E-state index in [2.05, 4.69) is 15.3 Å². The van der Waals surface area contributed by atoms with E-state index < -0.39 is 0 Å². The largest absolute Gasteiger partial charge is 0.461 e. The van der Waals surface area contributed by atoms with E-state index in [9.17, 15) is 4.79 Å². The topological polar surface area (TPSA) is 70.9 Å². The molecule has 2 heterocycles. The van der Waals surface area contributed by atoms with Crippen LogP contribution >= 0.6 is 0 Å². The molecule has 0 atom stereocenters. The van der Waals surface area contributed by atoms with Crippen LogP contribution in [0.1, 0.15) is 12.2 Å². The number of carbonyl (C=O) groups excluding carboxylic acids is 1. The first kappa shape index (κ1) is 15.2. The van der Waals surface area contributed by atoms with Crippen LogP contribution < -0.4 is 5.32 Å². The fraction of sp³-hybridized carbons (Fsp3) is 0.100. The molecule has 5 heteroatoms. The van der Waals surface area contributed by atoms with E-state index in [0.29, 0.717) is 18.8 Å². The third-order valence-corrected chi connectivity index (χ3v) is 3.97. The van der Waals surface area contributed by atoms with Gasteiger partial charge in [-0.3, -0.25) is 10.1 Å². The Hall–Kier alpha value is -3.34. The molecule has 5 nitrogen and oxygen atoms in total. The summed E-state index contributed by atoms with van der Waals surface area (Å²) in [5.41, 5.74) is 2.76. The highest BCUT2D eigenvalue weighted by molar-refractivity contribution is 5.91. The molecule has 4 aromatic rings. The summed E-state index contributed by atoms with van der Waals surface area (Å²) >= 11 is 0. The van der Waals surface area contributed by atoms with Gasteiger partial charge in [-0.15, -0.1) is 0 Å². The molecule has 2 aromatic carbocycles. The predicted octanol–water partition coefficient (Wildman–Crippen LogP) is 4.39. The van der Waals surface area contributed by atoms with Gasteiger partial charge in [-0.05, 0) is 24.3 Å². The number of aromatic nitrogens is 2. The van der Waals surface area contributed by atoms with Crippen LogP contribution in [0.5, 0.6) is 0 Å². The Balaban J connectivity index is 1.36. The first-order valence-corrected chi connectivity index (χ1v) is 8.17. The smallest absolute Gasteiger partial charge is 0.227 e. The number of amides is 1. The van der Waals surface area contributed by atoms with Crippen molar-refractivity contribution >= 4 is 22.9 Å². The number of aryl methyl sites for hydroxylation is 1. The van der Waals surface area contributed by atoms with Crippen molar-refractivity contribution in [2.45, 2.75) is 12.8 Å². The standard InChI is InChI=1S/C20H17N3O2/c24-19(23-20-21-16-8-4-5-9-17(16)22-20)13-11-15-10-12-18(25-15)14-6-2-1-3-7-14/h1-10,12H,11,13H2,(H2,21,22,23,24). The Morgan fingerprint density at radius 1 is 1.00 bits per heavy atom. The Kier molecular flexibility index (Phi) is 4.04. The zero-order valence-electron chi connectivity index (χ0n) is 13.5. The van der Waals surface area contributed by atoms with Gasteiger partial charge in [0.25, 0.3) is 0 Å². The lowest BCUT2D eigenvalue weighted by molar-refractivity contribution is -0.116. The molecule has 25 heavy (non-hydrogen) atoms. The van der Waals surface area contributed by atoms with Crippen molar-refractivity contribution in [1.82, 2.24) is 9.97 Å². The first-order valence-electron chi connectivity index (χ1n) is 8.17. The molecule has 0 unspecified atom stereocenters. The van der Waals surface area contributed by atoms with Crippen LogP contribution in [0.25, 0.3) is 22.4 Å². The SMILES string of the molecule is O=C(CCc1ccc(-c2ccccc2)o1)Nc1nc2ccccc2[nH]1. The van der Waals surface area contributed by atoms with Crippen LogP contribution in [0.2, 0.25) is 0 Å². The van der Waals surface area contributed by atoms with Gasteiger partial charge in [-0.1, -0.05) is 42.5 Å². The van der Waals surface area contributed by atoms with Crippen molar-refractivity contribution in [3.63, 3.8) is 0 Å². The van der Waals surface area contributed by atoms with Crippen molar-refractivity contribution in [2.75, 3.05) is 5.32 Å². The monoisotopic (exact) mass is 331 g/mol. The van der Waals surface area contributed by atoms with E-state index in [4.69, 9.17) is 4.42 Å². The molecule has 0 saturated heterocycles. The number of carbonyl (C=O) groups is 1. The normalized spacial score (nSPS) is 10.9. The molecule has 124 valence electrons. The molecule has 0 fully saturated rings. The van der Waals surface area contributed by atoms with E-state index in [1.54, 1.807) is 0 Å². The van der Waals surface area contributed by atoms with Crippen molar-refractivity contribution < 1.29 is 9.21 Å². The molecule has 0 aliphatic rings. The second kappa shape index (κ2) is 6.65. The predicted molar refractivity (Wildman–Crippen MR) is 97.2 cm³/mol. The van der Waals surface area contributed by atoms with Crippen LogP contribution in [0, 0.1) is 0 Å². The number of aromatic amines is 1. The minimum atomic E-state index is -0.100. The minimum Gasteiger partial charge on any atom is -0.461 e. The van der Waals surface area contributed by atoms with E-state index in [1.165, 1.54) is 0 Å². The van der Waals surface area contributed by atoms with Gasteiger partial charge in [0.15, 0.2) is 0 Å². The van der Waals surface area contributed by atoms with Crippen LogP contribution in [0.15, 0.2) is 71.1 Å². The van der Waals surface area contributed by atoms with E-state index >= 15 is 0 Å². The molecule has 0 spiro atoms. The van der Waals surface area contributed by atoms with Crippen molar-refractivity contribution in [3.8, 4) is 11.3 Å². The first-order chi connectivity index (χ1) is 12.3. The van der Waals surface area contributed by atoms with E-state index in [0.717, 1.165) is 28.1 Å². The maximum absolute atomic E-state index is 12.1. The molecule has 0 radical (unpaired) electrons. The number of H-pyrrole nitrogens is 1. The Morgan fingerprint density at radius 3 is 2.64 bits per heavy atom. The van der Waals surface area contributed by atoms with E-state index in [1.807, 2.05) is 66.7 Å². The highest BCUT2D eigenvalue weighted by atomic mass is 16.3. The van der Waals surface area contributed by atoms with Gasteiger partial charge in [-0.25, -0.2) is 4.98 Å². The lowest BCUT2D eigenvalue weighted by Crippen LogP contribution is -2.13. The Morgan fingerprint density at radius 2 is 1.80 bits per heavy atom. The highest BCUT2D eigenvalue weighted by Gasteiger charge is 2.09. The molecule has 4 rings (SSSR count). The number of hydrogen-bond donors (Lipinski definition) is 2. The summed E-state index contributed by atoms with van der Waals surface area (Å²) in [6.45, 7) is 0. The van der Waals surface area contributed by atoms with Gasteiger partial charge in [0.05, 0.1) is 11.0 Å². The minimum absolute atomic E-state index is 0.100. The van der Waals surface area contributed by atoms with Crippen LogP contribution in [-0.4, -0.2) is 15.9 Å². The van der Waals surface area contributed by atoms with Gasteiger partial charge in [0, 0.05) is 18.4 Å². The third-order valence-electron chi connectivity index (χ3n) is 3.97. The molecule has 0 aliphatic heterocycles. The Labute approximate surface area is 144 Å². The number of anilines is 1. The summed E-state index contributed by atoms with van der Waals surface area (Å²) in [7, 11) is 0. The lowest BCUT2D eigenvalue weighted by Gasteiger charge is -2.00. The molecule has 2 N–H and O–H groups in total. The van der Waals surface area contributed by atoms with Gasteiger partial charge in [0.2, 0.25) is 11.9 Å². The van der Waals surface area contributed by atoms with Gasteiger partial charge >= 0.3 is 0 Å². The molecule has 0 bridgehead atoms. The summed E-state index contributed by atoms with van der Waals surface area (Å²) in [4.78, 5) is 19.6. The van der Waals surface area contributed by atoms with Crippen LogP contribution in [0.4, 0.5) is 5.95 Å². The number of benzene rings is 2. The van der Waals surface area contributed by atoms with Crippen molar-refractivity contribution in [3.05, 3.63) is 72.5 Å². The quantitative estimate of drug-likeness (QED) is 0.569. The highest BCUT2D eigenvalue weighted by Crippen LogP contribution is 2.22. The maximum atomic E-state index is 12.1. The van der Waals surface area contributed by atoms with Gasteiger partial charge in [-0.2, -0.15) is 0 Å². The summed E-state index contributed by atoms with van der Waals surface area (Å²) < 4.78 is 5.81. The summed E-state index contributed by atoms with van der Waals surface area (Å²) in [5.74, 6) is 1.97. The molecule has 2 aromatic heterocycles. The number of nitrogens with zero attached hydrogens (tertiary/aromatic N) is 1. The second-order valence-electron chi connectivity index (χ2n) is 5.78. The summed E-state index contributed by atoms with van der Waals surface area (Å²) in [6.07, 6.45) is 0.873. The number of fused-ring (bicyclic) bond motifs is 1.